The van der Waals surface area contributed by atoms with Gasteiger partial charge in [0, 0.05) is 0 Å². The largest absolute Gasteiger partial charge is 0.102 e. The molecule has 0 radical (unpaired) electrons. The summed E-state index contributed by atoms with van der Waals surface area (Å²) in [6.45, 7) is 12.8. The summed E-state index contributed by atoms with van der Waals surface area (Å²) in [5.74, 6) is 1.18. The molecule has 0 fully saturated rings. The second-order valence-electron chi connectivity index (χ2n) is 4.81. The first-order chi connectivity index (χ1) is 7.04. The number of rotatable bonds is 4. The lowest BCUT2D eigenvalue weighted by molar-refractivity contribution is 0.644. The summed E-state index contributed by atoms with van der Waals surface area (Å²) in [7, 11) is 0. The zero-order chi connectivity index (χ0) is 11.4. The van der Waals surface area contributed by atoms with Crippen LogP contribution < -0.4 is 0 Å². The molecule has 0 saturated carbocycles. The molecule has 0 aliphatic carbocycles. The van der Waals surface area contributed by atoms with Crippen molar-refractivity contribution in [3.8, 4) is 0 Å². The summed E-state index contributed by atoms with van der Waals surface area (Å²) >= 11 is 0. The molecule has 0 nitrogen and oxygen atoms in total. The maximum Gasteiger partial charge on any atom is -0.00130 e. The minimum Gasteiger partial charge on any atom is -0.102 e. The van der Waals surface area contributed by atoms with Gasteiger partial charge in [0.25, 0.3) is 0 Å². The monoisotopic (exact) mass is 202 g/mol. The van der Waals surface area contributed by atoms with Crippen molar-refractivity contribution in [2.24, 2.45) is 5.92 Å². The molecule has 1 atom stereocenters. The Kier molecular flexibility index (Phi) is 4.14. The molecule has 0 aliphatic rings. The Morgan fingerprint density at radius 3 is 2.47 bits per heavy atom. The number of benzene rings is 1. The fourth-order valence-electron chi connectivity index (χ4n) is 1.77. The maximum absolute atomic E-state index is 3.85. The van der Waals surface area contributed by atoms with E-state index in [-0.39, 0.29) is 0 Å². The van der Waals surface area contributed by atoms with E-state index in [4.69, 9.17) is 0 Å². The smallest absolute Gasteiger partial charge is 0.00130 e. The molecular weight excluding hydrogens is 180 g/mol. The molecule has 82 valence electrons. The molecule has 0 aromatic heterocycles. The average Bonchev–Trinajstić information content (AvgIpc) is 2.19. The van der Waals surface area contributed by atoms with Gasteiger partial charge in [0.05, 0.1) is 0 Å². The second kappa shape index (κ2) is 5.16. The summed E-state index contributed by atoms with van der Waals surface area (Å²) in [6, 6.07) is 6.78. The van der Waals surface area contributed by atoms with E-state index in [9.17, 15) is 0 Å². The zero-order valence-corrected chi connectivity index (χ0v) is 10.4. The summed E-state index contributed by atoms with van der Waals surface area (Å²) in [5, 5.41) is 0. The Bertz CT molecular complexity index is 334. The highest BCUT2D eigenvalue weighted by Gasteiger charge is 2.06. The predicted octanol–water partition coefficient (Wildman–Crippen LogP) is 4.48. The molecule has 0 bridgehead atoms. The Balaban J connectivity index is 2.99. The van der Waals surface area contributed by atoms with Gasteiger partial charge in [0.2, 0.25) is 0 Å². The Morgan fingerprint density at radius 1 is 1.27 bits per heavy atom. The van der Waals surface area contributed by atoms with Crippen LogP contribution in [-0.2, 0) is 6.42 Å². The van der Waals surface area contributed by atoms with E-state index in [1.807, 2.05) is 6.08 Å². The lowest BCUT2D eigenvalue weighted by atomic mass is 9.92. The van der Waals surface area contributed by atoms with Crippen LogP contribution in [0.3, 0.4) is 0 Å². The summed E-state index contributed by atoms with van der Waals surface area (Å²) in [4.78, 5) is 0. The van der Waals surface area contributed by atoms with Crippen molar-refractivity contribution < 1.29 is 0 Å². The van der Waals surface area contributed by atoms with E-state index in [1.54, 1.807) is 0 Å². The Morgan fingerprint density at radius 2 is 1.93 bits per heavy atom. The third kappa shape index (κ3) is 3.23. The highest BCUT2D eigenvalue weighted by Crippen LogP contribution is 2.21. The van der Waals surface area contributed by atoms with Crippen molar-refractivity contribution >= 4 is 0 Å². The summed E-state index contributed by atoms with van der Waals surface area (Å²) in [6.07, 6.45) is 3.17. The molecule has 0 saturated heterocycles. The summed E-state index contributed by atoms with van der Waals surface area (Å²) in [5.41, 5.74) is 4.27. The molecule has 0 spiro atoms. The van der Waals surface area contributed by atoms with E-state index < -0.39 is 0 Å². The van der Waals surface area contributed by atoms with Gasteiger partial charge in [-0.1, -0.05) is 45.0 Å². The van der Waals surface area contributed by atoms with Gasteiger partial charge in [-0.3, -0.25) is 0 Å². The van der Waals surface area contributed by atoms with Gasteiger partial charge in [-0.2, -0.15) is 0 Å². The standard InChI is InChI=1S/C15H22/c1-6-12(4)14-8-7-13(5)15(10-14)9-11(2)3/h6-8,10-12H,1,9H2,2-5H3. The van der Waals surface area contributed by atoms with Crippen molar-refractivity contribution in [3.05, 3.63) is 47.5 Å². The molecule has 0 amide bonds. The molecule has 0 heteroatoms. The first-order valence-electron chi connectivity index (χ1n) is 5.76. The molecule has 0 aliphatic heterocycles. The topological polar surface area (TPSA) is 0 Å². The van der Waals surface area contributed by atoms with E-state index in [1.165, 1.54) is 23.1 Å². The maximum atomic E-state index is 3.85. The van der Waals surface area contributed by atoms with Crippen molar-refractivity contribution in [1.82, 2.24) is 0 Å². The van der Waals surface area contributed by atoms with E-state index in [2.05, 4.69) is 52.5 Å². The molecule has 1 unspecified atom stereocenters. The normalized spacial score (nSPS) is 12.9. The Labute approximate surface area is 94.0 Å². The minimum atomic E-state index is 0.455. The van der Waals surface area contributed by atoms with Gasteiger partial charge in [-0.25, -0.2) is 0 Å². The fraction of sp³-hybridized carbons (Fsp3) is 0.467. The molecule has 1 rings (SSSR count). The van der Waals surface area contributed by atoms with Gasteiger partial charge < -0.3 is 0 Å². The van der Waals surface area contributed by atoms with Crippen molar-refractivity contribution in [3.63, 3.8) is 0 Å². The van der Waals surface area contributed by atoms with Crippen molar-refractivity contribution in [2.45, 2.75) is 40.0 Å². The third-order valence-corrected chi connectivity index (χ3v) is 2.88. The molecular formula is C15H22. The Hall–Kier alpha value is -1.04. The van der Waals surface area contributed by atoms with Crippen LogP contribution in [0.25, 0.3) is 0 Å². The minimum absolute atomic E-state index is 0.455. The SMILES string of the molecule is C=CC(C)c1ccc(C)c(CC(C)C)c1. The summed E-state index contributed by atoms with van der Waals surface area (Å²) < 4.78 is 0. The number of hydrogen-bond donors (Lipinski definition) is 0. The van der Waals surface area contributed by atoms with Crippen LogP contribution in [0, 0.1) is 12.8 Å². The molecule has 0 N–H and O–H groups in total. The highest BCUT2D eigenvalue weighted by molar-refractivity contribution is 5.34. The van der Waals surface area contributed by atoms with Crippen LogP contribution in [0.1, 0.15) is 43.4 Å². The van der Waals surface area contributed by atoms with Crippen LogP contribution >= 0.6 is 0 Å². The van der Waals surface area contributed by atoms with Crippen LogP contribution in [0.4, 0.5) is 0 Å². The van der Waals surface area contributed by atoms with Crippen LogP contribution in [0.2, 0.25) is 0 Å². The molecule has 15 heavy (non-hydrogen) atoms. The number of allylic oxidation sites excluding steroid dienone is 1. The fourth-order valence-corrected chi connectivity index (χ4v) is 1.77. The van der Waals surface area contributed by atoms with Crippen LogP contribution in [-0.4, -0.2) is 0 Å². The first-order valence-corrected chi connectivity index (χ1v) is 5.76. The number of aryl methyl sites for hydroxylation is 1. The van der Waals surface area contributed by atoms with Gasteiger partial charge in [0.15, 0.2) is 0 Å². The van der Waals surface area contributed by atoms with Crippen molar-refractivity contribution in [1.29, 1.82) is 0 Å². The van der Waals surface area contributed by atoms with E-state index >= 15 is 0 Å². The third-order valence-electron chi connectivity index (χ3n) is 2.88. The van der Waals surface area contributed by atoms with Gasteiger partial charge in [-0.05, 0) is 41.9 Å². The first kappa shape index (κ1) is 12.0. The van der Waals surface area contributed by atoms with Crippen LogP contribution in [0.15, 0.2) is 30.9 Å². The van der Waals surface area contributed by atoms with Gasteiger partial charge in [0.1, 0.15) is 0 Å². The molecule has 0 heterocycles. The predicted molar refractivity (Wildman–Crippen MR) is 68.3 cm³/mol. The highest BCUT2D eigenvalue weighted by atomic mass is 14.1. The average molecular weight is 202 g/mol. The second-order valence-corrected chi connectivity index (χ2v) is 4.81. The van der Waals surface area contributed by atoms with E-state index in [0.29, 0.717) is 5.92 Å². The zero-order valence-electron chi connectivity index (χ0n) is 10.4. The van der Waals surface area contributed by atoms with E-state index in [0.717, 1.165) is 5.92 Å². The molecule has 1 aromatic rings. The lowest BCUT2D eigenvalue weighted by Gasteiger charge is -2.13. The lowest BCUT2D eigenvalue weighted by Crippen LogP contribution is -1.99. The quantitative estimate of drug-likeness (QED) is 0.631. The van der Waals surface area contributed by atoms with Crippen molar-refractivity contribution in [2.75, 3.05) is 0 Å². The van der Waals surface area contributed by atoms with Gasteiger partial charge in [-0.15, -0.1) is 6.58 Å². The molecule has 1 aromatic carbocycles. The van der Waals surface area contributed by atoms with Crippen LogP contribution in [0.5, 0.6) is 0 Å². The number of hydrogen-bond acceptors (Lipinski definition) is 0. The van der Waals surface area contributed by atoms with Gasteiger partial charge >= 0.3 is 0 Å².